The van der Waals surface area contributed by atoms with Gasteiger partial charge in [-0.25, -0.2) is 0 Å². The van der Waals surface area contributed by atoms with Crippen LogP contribution in [0, 0.1) is 34.6 Å². The van der Waals surface area contributed by atoms with Crippen LogP contribution < -0.4 is 5.32 Å². The summed E-state index contributed by atoms with van der Waals surface area (Å²) >= 11 is 0. The molecule has 148 valence electrons. The lowest BCUT2D eigenvalue weighted by Gasteiger charge is -2.15. The van der Waals surface area contributed by atoms with Crippen molar-refractivity contribution in [3.05, 3.63) is 69.3 Å². The first-order valence-corrected chi connectivity index (χ1v) is 9.27. The molecule has 0 aliphatic heterocycles. The van der Waals surface area contributed by atoms with Gasteiger partial charge in [0, 0.05) is 11.1 Å². The maximum absolute atomic E-state index is 12.6. The summed E-state index contributed by atoms with van der Waals surface area (Å²) in [4.78, 5) is 36.9. The molecule has 0 aromatic heterocycles. The van der Waals surface area contributed by atoms with Gasteiger partial charge in [0.15, 0.2) is 6.10 Å². The summed E-state index contributed by atoms with van der Waals surface area (Å²) in [6.45, 7) is 10.9. The minimum absolute atomic E-state index is 0.255. The molecule has 0 spiro atoms. The van der Waals surface area contributed by atoms with Crippen LogP contribution in [0.15, 0.2) is 30.3 Å². The fourth-order valence-corrected chi connectivity index (χ4v) is 2.87. The van der Waals surface area contributed by atoms with Gasteiger partial charge in [0.25, 0.3) is 5.91 Å². The summed E-state index contributed by atoms with van der Waals surface area (Å²) in [6, 6.07) is 9.09. The summed E-state index contributed by atoms with van der Waals surface area (Å²) in [7, 11) is 0. The molecule has 0 saturated carbocycles. The third kappa shape index (κ3) is 5.06. The van der Waals surface area contributed by atoms with E-state index in [0.29, 0.717) is 11.1 Å². The fourth-order valence-electron chi connectivity index (χ4n) is 2.87. The monoisotopic (exact) mass is 381 g/mol. The molecule has 2 aromatic carbocycles. The van der Waals surface area contributed by atoms with Crippen LogP contribution in [-0.2, 0) is 9.53 Å². The van der Waals surface area contributed by atoms with Gasteiger partial charge < -0.3 is 10.1 Å². The number of carbonyl (C=O) groups excluding carboxylic acids is 3. The number of ether oxygens (including phenoxy) is 1. The van der Waals surface area contributed by atoms with E-state index in [1.165, 1.54) is 0 Å². The lowest BCUT2D eigenvalue weighted by atomic mass is 9.96. The zero-order valence-electron chi connectivity index (χ0n) is 17.3. The summed E-state index contributed by atoms with van der Waals surface area (Å²) in [5.74, 6) is -1.27. The summed E-state index contributed by atoms with van der Waals surface area (Å²) in [5.41, 5.74) is 6.07. The number of nitrogens with one attached hydrogen (secondary N) is 1. The highest BCUT2D eigenvalue weighted by molar-refractivity contribution is 6.02. The van der Waals surface area contributed by atoms with Crippen molar-refractivity contribution in [2.45, 2.75) is 47.6 Å². The van der Waals surface area contributed by atoms with Gasteiger partial charge in [0.05, 0.1) is 0 Å². The highest BCUT2D eigenvalue weighted by atomic mass is 16.5. The molecule has 1 amide bonds. The van der Waals surface area contributed by atoms with E-state index in [1.54, 1.807) is 19.1 Å². The number of esters is 1. The molecule has 5 nitrogen and oxygen atoms in total. The normalized spacial score (nSPS) is 11.6. The molecular formula is C23H27NO4. The van der Waals surface area contributed by atoms with Crippen molar-refractivity contribution in [1.82, 2.24) is 5.32 Å². The predicted octanol–water partition coefficient (Wildman–Crippen LogP) is 3.77. The zero-order chi connectivity index (χ0) is 21.0. The van der Waals surface area contributed by atoms with Crippen molar-refractivity contribution in [1.29, 1.82) is 0 Å². The Labute approximate surface area is 166 Å². The smallest absolute Gasteiger partial charge is 0.326 e. The average Bonchev–Trinajstić information content (AvgIpc) is 2.64. The molecule has 28 heavy (non-hydrogen) atoms. The van der Waals surface area contributed by atoms with E-state index < -0.39 is 12.1 Å². The molecule has 2 aromatic rings. The van der Waals surface area contributed by atoms with Crippen LogP contribution >= 0.6 is 0 Å². The average molecular weight is 381 g/mol. The number of aryl methyl sites for hydroxylation is 5. The lowest BCUT2D eigenvalue weighted by molar-refractivity contribution is -0.145. The Kier molecular flexibility index (Phi) is 6.73. The van der Waals surface area contributed by atoms with E-state index in [4.69, 9.17) is 4.74 Å². The molecule has 2 rings (SSSR count). The second-order valence-electron chi connectivity index (χ2n) is 7.23. The molecule has 0 heterocycles. The Bertz CT molecular complexity index is 930. The van der Waals surface area contributed by atoms with Gasteiger partial charge in [-0.05, 0) is 87.6 Å². The number of carbonyl (C=O) groups is 3. The third-order valence-corrected chi connectivity index (χ3v) is 4.95. The largest absolute Gasteiger partial charge is 0.453 e. The molecular weight excluding hydrogens is 354 g/mol. The molecule has 0 bridgehead atoms. The number of Topliss-reactive ketones (excluding diaryl/α,β-unsaturated/α-hetero) is 1. The SMILES string of the molecule is Cc1ccc(C(=O)NCC(=O)OC(C)C(=O)c2cc(C)c(C)cc2C)cc1C. The van der Waals surface area contributed by atoms with Gasteiger partial charge in [-0.3, -0.25) is 14.4 Å². The van der Waals surface area contributed by atoms with Crippen molar-refractivity contribution >= 4 is 17.7 Å². The van der Waals surface area contributed by atoms with Crippen molar-refractivity contribution in [2.75, 3.05) is 6.54 Å². The maximum Gasteiger partial charge on any atom is 0.326 e. The maximum atomic E-state index is 12.6. The van der Waals surface area contributed by atoms with Crippen LogP contribution in [0.5, 0.6) is 0 Å². The molecule has 1 atom stereocenters. The second-order valence-corrected chi connectivity index (χ2v) is 7.23. The van der Waals surface area contributed by atoms with Crippen molar-refractivity contribution in [3.63, 3.8) is 0 Å². The highest BCUT2D eigenvalue weighted by Gasteiger charge is 2.22. The van der Waals surface area contributed by atoms with Crippen molar-refractivity contribution in [2.24, 2.45) is 0 Å². The van der Waals surface area contributed by atoms with E-state index in [1.807, 2.05) is 52.8 Å². The van der Waals surface area contributed by atoms with Gasteiger partial charge in [-0.1, -0.05) is 12.1 Å². The Morgan fingerprint density at radius 2 is 1.46 bits per heavy atom. The summed E-state index contributed by atoms with van der Waals surface area (Å²) < 4.78 is 5.22. The van der Waals surface area contributed by atoms with E-state index in [0.717, 1.165) is 27.8 Å². The van der Waals surface area contributed by atoms with Gasteiger partial charge in [0.1, 0.15) is 6.54 Å². The Morgan fingerprint density at radius 1 is 0.857 bits per heavy atom. The number of hydrogen-bond acceptors (Lipinski definition) is 4. The third-order valence-electron chi connectivity index (χ3n) is 4.95. The number of benzene rings is 2. The Hall–Kier alpha value is -2.95. The van der Waals surface area contributed by atoms with Crippen LogP contribution in [0.25, 0.3) is 0 Å². The second kappa shape index (κ2) is 8.83. The number of hydrogen-bond donors (Lipinski definition) is 1. The van der Waals surface area contributed by atoms with Gasteiger partial charge in [0.2, 0.25) is 5.78 Å². The summed E-state index contributed by atoms with van der Waals surface area (Å²) in [5, 5.41) is 2.53. The minimum atomic E-state index is -0.924. The Balaban J connectivity index is 1.95. The van der Waals surface area contributed by atoms with Crippen LogP contribution in [0.1, 0.15) is 55.5 Å². The topological polar surface area (TPSA) is 72.5 Å². The molecule has 0 saturated heterocycles. The van der Waals surface area contributed by atoms with Gasteiger partial charge in [-0.15, -0.1) is 0 Å². The molecule has 0 fully saturated rings. The van der Waals surface area contributed by atoms with Gasteiger partial charge in [-0.2, -0.15) is 0 Å². The lowest BCUT2D eigenvalue weighted by Crippen LogP contribution is -2.34. The van der Waals surface area contributed by atoms with Gasteiger partial charge >= 0.3 is 5.97 Å². The molecule has 1 unspecified atom stereocenters. The standard InChI is InChI=1S/C23H27NO4/c1-13-7-8-19(10-15(13)3)23(27)24-12-21(25)28-18(6)22(26)20-11-16(4)14(2)9-17(20)5/h7-11,18H,12H2,1-6H3,(H,24,27). The minimum Gasteiger partial charge on any atom is -0.453 e. The fraction of sp³-hybridized carbons (Fsp3) is 0.348. The highest BCUT2D eigenvalue weighted by Crippen LogP contribution is 2.18. The molecule has 0 aliphatic carbocycles. The van der Waals surface area contributed by atoms with Crippen LogP contribution in [0.3, 0.4) is 0 Å². The molecule has 1 N–H and O–H groups in total. The van der Waals surface area contributed by atoms with E-state index in [9.17, 15) is 14.4 Å². The van der Waals surface area contributed by atoms with Crippen LogP contribution in [0.4, 0.5) is 0 Å². The molecule has 0 radical (unpaired) electrons. The van der Waals surface area contributed by atoms with E-state index in [-0.39, 0.29) is 18.2 Å². The molecule has 0 aliphatic rings. The Morgan fingerprint density at radius 3 is 2.11 bits per heavy atom. The zero-order valence-corrected chi connectivity index (χ0v) is 17.3. The van der Waals surface area contributed by atoms with Crippen molar-refractivity contribution in [3.8, 4) is 0 Å². The van der Waals surface area contributed by atoms with Crippen LogP contribution in [-0.4, -0.2) is 30.3 Å². The number of ketones is 1. The molecule has 5 heteroatoms. The summed E-state index contributed by atoms with van der Waals surface area (Å²) in [6.07, 6.45) is -0.924. The van der Waals surface area contributed by atoms with E-state index >= 15 is 0 Å². The quantitative estimate of drug-likeness (QED) is 0.611. The number of rotatable bonds is 6. The first kappa shape index (κ1) is 21.4. The van der Waals surface area contributed by atoms with Crippen molar-refractivity contribution < 1.29 is 19.1 Å². The predicted molar refractivity (Wildman–Crippen MR) is 109 cm³/mol. The van der Waals surface area contributed by atoms with Crippen LogP contribution in [0.2, 0.25) is 0 Å². The first-order chi connectivity index (χ1) is 13.1. The number of amides is 1. The first-order valence-electron chi connectivity index (χ1n) is 9.27. The van der Waals surface area contributed by atoms with E-state index in [2.05, 4.69) is 5.32 Å².